The maximum absolute atomic E-state index is 11.8. The molecule has 3 rings (SSSR count). The summed E-state index contributed by atoms with van der Waals surface area (Å²) in [4.78, 5) is 20.5. The molecule has 1 fully saturated rings. The van der Waals surface area contributed by atoms with Gasteiger partial charge in [0.15, 0.2) is 5.16 Å². The van der Waals surface area contributed by atoms with Crippen molar-refractivity contribution < 1.29 is 0 Å². The zero-order valence-electron chi connectivity index (χ0n) is 12.1. The van der Waals surface area contributed by atoms with Crippen LogP contribution in [-0.2, 0) is 6.42 Å². The molecule has 0 radical (unpaired) electrons. The minimum Gasteiger partial charge on any atom is -0.370 e. The van der Waals surface area contributed by atoms with E-state index in [1.807, 2.05) is 6.92 Å². The van der Waals surface area contributed by atoms with Crippen LogP contribution in [-0.4, -0.2) is 31.3 Å². The van der Waals surface area contributed by atoms with Crippen LogP contribution in [0.3, 0.4) is 0 Å². The quantitative estimate of drug-likeness (QED) is 0.792. The third-order valence-electron chi connectivity index (χ3n) is 3.38. The molecule has 0 aromatic carbocycles. The summed E-state index contributed by atoms with van der Waals surface area (Å²) < 4.78 is 1.74. The molecule has 0 bridgehead atoms. The highest BCUT2D eigenvalue weighted by Gasteiger charge is 2.29. The third-order valence-corrected chi connectivity index (χ3v) is 4.39. The maximum atomic E-state index is 11.8. The van der Waals surface area contributed by atoms with Crippen LogP contribution in [0.2, 0.25) is 0 Å². The molecule has 2 aromatic heterocycles. The second-order valence-electron chi connectivity index (χ2n) is 4.90. The van der Waals surface area contributed by atoms with E-state index in [4.69, 9.17) is 0 Å². The highest BCUT2D eigenvalue weighted by molar-refractivity contribution is 7.99. The van der Waals surface area contributed by atoms with E-state index in [0.717, 1.165) is 42.2 Å². The number of anilines is 1. The molecular weight excluding hydrogens is 288 g/mol. The highest BCUT2D eigenvalue weighted by Crippen LogP contribution is 2.38. The summed E-state index contributed by atoms with van der Waals surface area (Å²) in [6.45, 7) is 4.91. The van der Waals surface area contributed by atoms with Crippen molar-refractivity contribution >= 4 is 17.6 Å². The van der Waals surface area contributed by atoms with E-state index in [1.165, 1.54) is 11.8 Å². The molecule has 7 nitrogen and oxygen atoms in total. The molecule has 0 spiro atoms. The predicted molar refractivity (Wildman–Crippen MR) is 80.8 cm³/mol. The maximum Gasteiger partial charge on any atom is 0.344 e. The van der Waals surface area contributed by atoms with Crippen LogP contribution in [0.1, 0.15) is 38.3 Å². The monoisotopic (exact) mass is 306 g/mol. The van der Waals surface area contributed by atoms with Crippen molar-refractivity contribution in [3.05, 3.63) is 22.4 Å². The summed E-state index contributed by atoms with van der Waals surface area (Å²) in [5, 5.41) is 11.4. The number of aromatic amines is 1. The summed E-state index contributed by atoms with van der Waals surface area (Å²) >= 11 is 1.42. The van der Waals surface area contributed by atoms with E-state index in [2.05, 4.69) is 32.4 Å². The molecule has 1 aliphatic rings. The fourth-order valence-electron chi connectivity index (χ4n) is 2.23. The van der Waals surface area contributed by atoms with E-state index in [-0.39, 0.29) is 5.69 Å². The first kappa shape index (κ1) is 14.1. The van der Waals surface area contributed by atoms with Crippen molar-refractivity contribution in [3.8, 4) is 0 Å². The second-order valence-corrected chi connectivity index (χ2v) is 5.86. The molecule has 112 valence electrons. The lowest BCUT2D eigenvalue weighted by molar-refractivity contribution is 0.642. The molecule has 1 saturated carbocycles. The normalized spacial score (nSPS) is 14.4. The lowest BCUT2D eigenvalue weighted by Crippen LogP contribution is -2.16. The molecule has 1 aliphatic carbocycles. The summed E-state index contributed by atoms with van der Waals surface area (Å²) in [5.41, 5.74) is 0.918. The standard InChI is InChI=1S/C13H18N6OS/c1-3-9-10(14-4-2)15-7-16-11(9)21-13-18-17-12(20)19(13)8-5-6-8/h7-8H,3-6H2,1-2H3,(H,17,20)(H,14,15,16). The average molecular weight is 306 g/mol. The highest BCUT2D eigenvalue weighted by atomic mass is 32.2. The van der Waals surface area contributed by atoms with E-state index in [1.54, 1.807) is 10.9 Å². The van der Waals surface area contributed by atoms with Crippen molar-refractivity contribution in [2.45, 2.75) is 49.3 Å². The van der Waals surface area contributed by atoms with E-state index < -0.39 is 0 Å². The predicted octanol–water partition coefficient (Wildman–Crippen LogP) is 1.84. The van der Waals surface area contributed by atoms with Crippen molar-refractivity contribution in [2.75, 3.05) is 11.9 Å². The van der Waals surface area contributed by atoms with Crippen LogP contribution in [0.4, 0.5) is 5.82 Å². The molecule has 2 aromatic rings. The van der Waals surface area contributed by atoms with E-state index >= 15 is 0 Å². The molecule has 2 heterocycles. The molecule has 0 aliphatic heterocycles. The fraction of sp³-hybridized carbons (Fsp3) is 0.538. The molecule has 8 heteroatoms. The Balaban J connectivity index is 1.94. The van der Waals surface area contributed by atoms with Crippen molar-refractivity contribution in [3.63, 3.8) is 0 Å². The summed E-state index contributed by atoms with van der Waals surface area (Å²) in [6, 6.07) is 0.291. The van der Waals surface area contributed by atoms with Crippen LogP contribution in [0.25, 0.3) is 0 Å². The largest absolute Gasteiger partial charge is 0.370 e. The average Bonchev–Trinajstić information content (AvgIpc) is 3.24. The van der Waals surface area contributed by atoms with E-state index in [0.29, 0.717) is 11.2 Å². The third kappa shape index (κ3) is 2.80. The van der Waals surface area contributed by atoms with Gasteiger partial charge >= 0.3 is 5.69 Å². The van der Waals surface area contributed by atoms with E-state index in [9.17, 15) is 4.79 Å². The zero-order valence-corrected chi connectivity index (χ0v) is 12.9. The minimum atomic E-state index is -0.140. The van der Waals surface area contributed by atoms with Gasteiger partial charge in [-0.15, -0.1) is 5.10 Å². The molecule has 0 unspecified atom stereocenters. The van der Waals surface area contributed by atoms with Gasteiger partial charge in [0.05, 0.1) is 0 Å². The molecule has 2 N–H and O–H groups in total. The Labute approximate surface area is 126 Å². The van der Waals surface area contributed by atoms with Gasteiger partial charge in [-0.3, -0.25) is 4.57 Å². The second kappa shape index (κ2) is 5.88. The van der Waals surface area contributed by atoms with Crippen LogP contribution in [0, 0.1) is 0 Å². The SMILES string of the molecule is CCNc1ncnc(Sc2n[nH]c(=O)n2C2CC2)c1CC. The van der Waals surface area contributed by atoms with Gasteiger partial charge in [0.1, 0.15) is 17.2 Å². The van der Waals surface area contributed by atoms with Crippen LogP contribution < -0.4 is 11.0 Å². The van der Waals surface area contributed by atoms with Gasteiger partial charge in [0.25, 0.3) is 0 Å². The topological polar surface area (TPSA) is 88.5 Å². The van der Waals surface area contributed by atoms with Crippen LogP contribution in [0.15, 0.2) is 21.3 Å². The first-order chi connectivity index (χ1) is 10.2. The van der Waals surface area contributed by atoms with Gasteiger partial charge in [-0.25, -0.2) is 19.9 Å². The summed E-state index contributed by atoms with van der Waals surface area (Å²) in [6.07, 6.45) is 4.45. The number of aromatic nitrogens is 5. The Morgan fingerprint density at radius 1 is 1.43 bits per heavy atom. The van der Waals surface area contributed by atoms with Gasteiger partial charge in [0, 0.05) is 18.2 Å². The van der Waals surface area contributed by atoms with Gasteiger partial charge < -0.3 is 5.32 Å². The van der Waals surface area contributed by atoms with Crippen LogP contribution >= 0.6 is 11.8 Å². The molecule has 0 saturated heterocycles. The van der Waals surface area contributed by atoms with Gasteiger partial charge in [0.2, 0.25) is 0 Å². The summed E-state index contributed by atoms with van der Waals surface area (Å²) in [7, 11) is 0. The number of nitrogens with one attached hydrogen (secondary N) is 2. The Hall–Kier alpha value is -1.83. The first-order valence-electron chi connectivity index (χ1n) is 7.17. The Kier molecular flexibility index (Phi) is 3.96. The lowest BCUT2D eigenvalue weighted by atomic mass is 10.2. The smallest absolute Gasteiger partial charge is 0.344 e. The fourth-order valence-corrected chi connectivity index (χ4v) is 3.28. The minimum absolute atomic E-state index is 0.140. The Morgan fingerprint density at radius 3 is 2.90 bits per heavy atom. The van der Waals surface area contributed by atoms with Gasteiger partial charge in [-0.2, -0.15) is 0 Å². The lowest BCUT2D eigenvalue weighted by Gasteiger charge is -2.11. The molecular formula is C13H18N6OS. The zero-order chi connectivity index (χ0) is 14.8. The van der Waals surface area contributed by atoms with Crippen molar-refractivity contribution in [1.29, 1.82) is 0 Å². The Bertz CT molecular complexity index is 690. The van der Waals surface area contributed by atoms with Gasteiger partial charge in [-0.05, 0) is 37.9 Å². The number of H-pyrrole nitrogens is 1. The molecule has 0 amide bonds. The molecule has 21 heavy (non-hydrogen) atoms. The number of rotatable bonds is 6. The number of hydrogen-bond donors (Lipinski definition) is 2. The summed E-state index contributed by atoms with van der Waals surface area (Å²) in [5.74, 6) is 0.855. The van der Waals surface area contributed by atoms with Crippen molar-refractivity contribution in [1.82, 2.24) is 24.7 Å². The number of hydrogen-bond acceptors (Lipinski definition) is 6. The Morgan fingerprint density at radius 2 is 2.24 bits per heavy atom. The molecule has 0 atom stereocenters. The van der Waals surface area contributed by atoms with Gasteiger partial charge in [-0.1, -0.05) is 6.92 Å². The van der Waals surface area contributed by atoms with Crippen LogP contribution in [0.5, 0.6) is 0 Å². The number of nitrogens with zero attached hydrogens (tertiary/aromatic N) is 4. The van der Waals surface area contributed by atoms with Crippen molar-refractivity contribution in [2.24, 2.45) is 0 Å². The first-order valence-corrected chi connectivity index (χ1v) is 7.98.